The molecule has 3 nitrogen and oxygen atoms in total. The van der Waals surface area contributed by atoms with Crippen molar-refractivity contribution in [3.05, 3.63) is 52.0 Å². The van der Waals surface area contributed by atoms with E-state index in [0.717, 1.165) is 28.1 Å². The van der Waals surface area contributed by atoms with Gasteiger partial charge in [0, 0.05) is 23.5 Å². The van der Waals surface area contributed by atoms with Crippen LogP contribution >= 0.6 is 34.8 Å². The van der Waals surface area contributed by atoms with Gasteiger partial charge in [-0.05, 0) is 30.7 Å². The van der Waals surface area contributed by atoms with Gasteiger partial charge in [0.25, 0.3) is 0 Å². The Labute approximate surface area is 137 Å². The average molecular weight is 341 g/mol. The molecule has 0 aliphatic heterocycles. The van der Waals surface area contributed by atoms with Crippen LogP contribution in [-0.2, 0) is 6.42 Å². The molecule has 0 bridgehead atoms. The molecule has 0 aliphatic carbocycles. The third-order valence-electron chi connectivity index (χ3n) is 3.31. The van der Waals surface area contributed by atoms with Crippen molar-refractivity contribution in [2.24, 2.45) is 0 Å². The Morgan fingerprint density at radius 2 is 2.00 bits per heavy atom. The zero-order valence-corrected chi connectivity index (χ0v) is 13.5. The highest BCUT2D eigenvalue weighted by Crippen LogP contribution is 2.31. The first-order valence-corrected chi connectivity index (χ1v) is 7.74. The van der Waals surface area contributed by atoms with Crippen molar-refractivity contribution in [2.75, 3.05) is 5.88 Å². The van der Waals surface area contributed by atoms with Crippen molar-refractivity contribution in [3.63, 3.8) is 0 Å². The number of hydrogen-bond acceptors (Lipinski definition) is 2. The Kier molecular flexibility index (Phi) is 4.07. The number of alkyl halides is 1. The summed E-state index contributed by atoms with van der Waals surface area (Å²) in [7, 11) is 0. The fourth-order valence-corrected chi connectivity index (χ4v) is 2.94. The SMILES string of the molecule is Cc1cc(Cl)c(-n2c(CCCl)nc3cnccc32)cc1Cl. The molecule has 3 rings (SSSR count). The highest BCUT2D eigenvalue weighted by Gasteiger charge is 2.15. The van der Waals surface area contributed by atoms with Gasteiger partial charge in [-0.1, -0.05) is 23.2 Å². The lowest BCUT2D eigenvalue weighted by Crippen LogP contribution is -2.03. The topological polar surface area (TPSA) is 30.7 Å². The molecule has 3 aromatic rings. The third-order valence-corrected chi connectivity index (χ3v) is 4.21. The quantitative estimate of drug-likeness (QED) is 0.640. The number of halogens is 3. The summed E-state index contributed by atoms with van der Waals surface area (Å²) in [6.45, 7) is 1.92. The van der Waals surface area contributed by atoms with Gasteiger partial charge in [-0.15, -0.1) is 11.6 Å². The summed E-state index contributed by atoms with van der Waals surface area (Å²) in [5, 5.41) is 1.30. The fourth-order valence-electron chi connectivity index (χ4n) is 2.31. The molecule has 0 aliphatic rings. The molecule has 108 valence electrons. The zero-order valence-electron chi connectivity index (χ0n) is 11.3. The number of rotatable bonds is 3. The van der Waals surface area contributed by atoms with Crippen LogP contribution in [0.5, 0.6) is 0 Å². The Morgan fingerprint density at radius 3 is 2.76 bits per heavy atom. The van der Waals surface area contributed by atoms with Gasteiger partial charge in [-0.2, -0.15) is 0 Å². The van der Waals surface area contributed by atoms with Gasteiger partial charge in [0.15, 0.2) is 0 Å². The van der Waals surface area contributed by atoms with Gasteiger partial charge in [0.1, 0.15) is 11.3 Å². The average Bonchev–Trinajstić information content (AvgIpc) is 2.81. The highest BCUT2D eigenvalue weighted by molar-refractivity contribution is 6.35. The Bertz CT molecular complexity index is 811. The first-order chi connectivity index (χ1) is 10.1. The number of aryl methyl sites for hydroxylation is 2. The molecule has 6 heteroatoms. The van der Waals surface area contributed by atoms with Gasteiger partial charge < -0.3 is 0 Å². The van der Waals surface area contributed by atoms with Crippen LogP contribution in [-0.4, -0.2) is 20.4 Å². The summed E-state index contributed by atoms with van der Waals surface area (Å²) in [4.78, 5) is 8.69. The molecule has 2 heterocycles. The van der Waals surface area contributed by atoms with Crippen molar-refractivity contribution < 1.29 is 0 Å². The Morgan fingerprint density at radius 1 is 1.19 bits per heavy atom. The minimum atomic E-state index is 0.480. The number of fused-ring (bicyclic) bond motifs is 1. The van der Waals surface area contributed by atoms with Crippen molar-refractivity contribution >= 4 is 45.8 Å². The molecule has 0 saturated heterocycles. The molecule has 21 heavy (non-hydrogen) atoms. The first kappa shape index (κ1) is 14.6. The maximum atomic E-state index is 6.41. The van der Waals surface area contributed by atoms with Crippen molar-refractivity contribution in [2.45, 2.75) is 13.3 Å². The summed E-state index contributed by atoms with van der Waals surface area (Å²) in [5.74, 6) is 1.32. The van der Waals surface area contributed by atoms with E-state index in [1.807, 2.05) is 29.7 Å². The molecule has 0 amide bonds. The smallest absolute Gasteiger partial charge is 0.115 e. The summed E-state index contributed by atoms with van der Waals surface area (Å²) >= 11 is 18.6. The molecule has 0 radical (unpaired) electrons. The fraction of sp³-hybridized carbons (Fsp3) is 0.200. The lowest BCUT2D eigenvalue weighted by molar-refractivity contribution is 0.912. The van der Waals surface area contributed by atoms with E-state index < -0.39 is 0 Å². The number of pyridine rings is 1. The van der Waals surface area contributed by atoms with Crippen LogP contribution in [0.25, 0.3) is 16.7 Å². The summed E-state index contributed by atoms with van der Waals surface area (Å²) in [6, 6.07) is 5.62. The molecule has 0 fully saturated rings. The molecule has 0 saturated carbocycles. The summed E-state index contributed by atoms with van der Waals surface area (Å²) in [6.07, 6.45) is 4.10. The second kappa shape index (κ2) is 5.84. The maximum absolute atomic E-state index is 6.41. The minimum absolute atomic E-state index is 0.480. The molecule has 0 unspecified atom stereocenters. The van der Waals surface area contributed by atoms with E-state index in [1.54, 1.807) is 12.4 Å². The molecule has 2 aromatic heterocycles. The molecular formula is C15H12Cl3N3. The molecule has 0 atom stereocenters. The van der Waals surface area contributed by atoms with Crippen molar-refractivity contribution in [1.82, 2.24) is 14.5 Å². The standard InChI is InChI=1S/C15H12Cl3N3/c1-9-6-11(18)14(7-10(9)17)21-13-3-5-19-8-12(13)20-15(21)2-4-16/h3,5-8H,2,4H2,1H3. The van der Waals surface area contributed by atoms with Crippen LogP contribution in [0.15, 0.2) is 30.6 Å². The van der Waals surface area contributed by atoms with Gasteiger partial charge in [0.2, 0.25) is 0 Å². The van der Waals surface area contributed by atoms with E-state index >= 15 is 0 Å². The first-order valence-electron chi connectivity index (χ1n) is 6.45. The van der Waals surface area contributed by atoms with Gasteiger partial charge in [-0.25, -0.2) is 4.98 Å². The van der Waals surface area contributed by atoms with Crippen LogP contribution in [0, 0.1) is 6.92 Å². The second-order valence-electron chi connectivity index (χ2n) is 4.72. The number of aromatic nitrogens is 3. The number of hydrogen-bond donors (Lipinski definition) is 0. The van der Waals surface area contributed by atoms with Crippen molar-refractivity contribution in [3.8, 4) is 5.69 Å². The van der Waals surface area contributed by atoms with E-state index in [2.05, 4.69) is 9.97 Å². The molecular weight excluding hydrogens is 329 g/mol. The van der Waals surface area contributed by atoms with Gasteiger partial charge in [0.05, 0.1) is 22.4 Å². The van der Waals surface area contributed by atoms with Crippen LogP contribution in [0.3, 0.4) is 0 Å². The van der Waals surface area contributed by atoms with E-state index in [1.165, 1.54) is 0 Å². The zero-order chi connectivity index (χ0) is 15.0. The Hall–Kier alpha value is -1.29. The monoisotopic (exact) mass is 339 g/mol. The number of imidazole rings is 1. The largest absolute Gasteiger partial charge is 0.295 e. The predicted octanol–water partition coefficient (Wildman–Crippen LogP) is 4.82. The molecule has 0 spiro atoms. The van der Waals surface area contributed by atoms with Crippen LogP contribution in [0.1, 0.15) is 11.4 Å². The highest BCUT2D eigenvalue weighted by atomic mass is 35.5. The van der Waals surface area contributed by atoms with Crippen molar-refractivity contribution in [1.29, 1.82) is 0 Å². The van der Waals surface area contributed by atoms with Crippen LogP contribution < -0.4 is 0 Å². The third kappa shape index (κ3) is 2.61. The van der Waals surface area contributed by atoms with Crippen LogP contribution in [0.4, 0.5) is 0 Å². The molecule has 0 N–H and O–H groups in total. The Balaban J connectivity index is 2.32. The number of nitrogens with zero attached hydrogens (tertiary/aromatic N) is 3. The summed E-state index contributed by atoms with van der Waals surface area (Å²) < 4.78 is 1.99. The van der Waals surface area contributed by atoms with E-state index in [-0.39, 0.29) is 0 Å². The van der Waals surface area contributed by atoms with E-state index in [9.17, 15) is 0 Å². The normalized spacial score (nSPS) is 11.2. The predicted molar refractivity (Wildman–Crippen MR) is 88.0 cm³/mol. The minimum Gasteiger partial charge on any atom is -0.295 e. The van der Waals surface area contributed by atoms with E-state index in [0.29, 0.717) is 22.3 Å². The number of benzene rings is 1. The van der Waals surface area contributed by atoms with E-state index in [4.69, 9.17) is 34.8 Å². The molecule has 1 aromatic carbocycles. The van der Waals surface area contributed by atoms with Gasteiger partial charge in [-0.3, -0.25) is 9.55 Å². The second-order valence-corrected chi connectivity index (χ2v) is 5.91. The van der Waals surface area contributed by atoms with Crippen LogP contribution in [0.2, 0.25) is 10.0 Å². The lowest BCUT2D eigenvalue weighted by Gasteiger charge is -2.12. The lowest BCUT2D eigenvalue weighted by atomic mass is 10.2. The van der Waals surface area contributed by atoms with Gasteiger partial charge >= 0.3 is 0 Å². The summed E-state index contributed by atoms with van der Waals surface area (Å²) in [5.41, 5.74) is 3.49. The maximum Gasteiger partial charge on any atom is 0.115 e.